The van der Waals surface area contributed by atoms with Crippen molar-refractivity contribution in [3.63, 3.8) is 0 Å². The van der Waals surface area contributed by atoms with Crippen LogP contribution in [0.25, 0.3) is 17.3 Å². The number of aromatic nitrogens is 1. The van der Waals surface area contributed by atoms with Crippen molar-refractivity contribution in [2.45, 2.75) is 6.18 Å². The summed E-state index contributed by atoms with van der Waals surface area (Å²) in [6.07, 6.45) is 0.581. The Morgan fingerprint density at radius 2 is 1.93 bits per heavy atom. The van der Waals surface area contributed by atoms with E-state index in [1.54, 1.807) is 35.7 Å². The first-order valence-electron chi connectivity index (χ1n) is 8.32. The predicted octanol–water partition coefficient (Wildman–Crippen LogP) is 5.04. The highest BCUT2D eigenvalue weighted by molar-refractivity contribution is 7.14. The number of carbonyl (C=O) groups is 1. The molecule has 3 N–H and O–H groups in total. The van der Waals surface area contributed by atoms with Crippen molar-refractivity contribution in [3.05, 3.63) is 76.7 Å². The molecule has 0 unspecified atom stereocenters. The zero-order chi connectivity index (χ0) is 20.9. The van der Waals surface area contributed by atoms with Gasteiger partial charge in [-0.1, -0.05) is 30.3 Å². The van der Waals surface area contributed by atoms with Gasteiger partial charge in [0.1, 0.15) is 0 Å². The second-order valence-electron chi connectivity index (χ2n) is 5.85. The molecule has 0 atom stereocenters. The van der Waals surface area contributed by atoms with Gasteiger partial charge in [-0.05, 0) is 35.9 Å². The number of carbonyl (C=O) groups excluding carboxylic acids is 1. The van der Waals surface area contributed by atoms with E-state index in [1.165, 1.54) is 29.7 Å². The SMILES string of the molecule is NC(=O)c1cccc(/C=C/C=NNc2nc(-c3ccc(C(F)(F)F)cc3)cs2)c1. The lowest BCUT2D eigenvalue weighted by Gasteiger charge is -2.06. The number of alkyl halides is 3. The highest BCUT2D eigenvalue weighted by Crippen LogP contribution is 2.31. The lowest BCUT2D eigenvalue weighted by atomic mass is 10.1. The molecule has 0 bridgehead atoms. The fraction of sp³-hybridized carbons (Fsp3) is 0.0500. The second-order valence-corrected chi connectivity index (χ2v) is 6.71. The average Bonchev–Trinajstić information content (AvgIpc) is 3.16. The van der Waals surface area contributed by atoms with Gasteiger partial charge in [0.2, 0.25) is 11.0 Å². The smallest absolute Gasteiger partial charge is 0.366 e. The number of thiazole rings is 1. The Bertz CT molecular complexity index is 1060. The number of benzene rings is 2. The van der Waals surface area contributed by atoms with Gasteiger partial charge in [0, 0.05) is 22.7 Å². The molecule has 0 saturated heterocycles. The van der Waals surface area contributed by atoms with Crippen LogP contribution in [0.15, 0.2) is 65.1 Å². The lowest BCUT2D eigenvalue weighted by molar-refractivity contribution is -0.137. The van der Waals surface area contributed by atoms with Crippen molar-refractivity contribution in [1.82, 2.24) is 4.98 Å². The zero-order valence-electron chi connectivity index (χ0n) is 14.9. The molecule has 3 rings (SSSR count). The van der Waals surface area contributed by atoms with Gasteiger partial charge in [-0.25, -0.2) is 4.98 Å². The minimum atomic E-state index is -4.36. The van der Waals surface area contributed by atoms with E-state index in [-0.39, 0.29) is 0 Å². The molecule has 29 heavy (non-hydrogen) atoms. The van der Waals surface area contributed by atoms with Crippen molar-refractivity contribution in [2.75, 3.05) is 5.43 Å². The molecule has 148 valence electrons. The van der Waals surface area contributed by atoms with Gasteiger partial charge in [-0.15, -0.1) is 11.3 Å². The summed E-state index contributed by atoms with van der Waals surface area (Å²) in [6, 6.07) is 11.7. The van der Waals surface area contributed by atoms with Gasteiger partial charge in [0.15, 0.2) is 0 Å². The van der Waals surface area contributed by atoms with Crippen molar-refractivity contribution in [1.29, 1.82) is 0 Å². The highest BCUT2D eigenvalue weighted by Gasteiger charge is 2.30. The fourth-order valence-corrected chi connectivity index (χ4v) is 3.04. The molecule has 0 fully saturated rings. The fourth-order valence-electron chi connectivity index (χ4n) is 2.37. The molecule has 1 heterocycles. The Kier molecular flexibility index (Phi) is 6.08. The largest absolute Gasteiger partial charge is 0.416 e. The number of nitrogens with two attached hydrogens (primary N) is 1. The number of halogens is 3. The third kappa shape index (κ3) is 5.52. The number of hydrazone groups is 1. The number of anilines is 1. The summed E-state index contributed by atoms with van der Waals surface area (Å²) in [4.78, 5) is 15.5. The molecule has 3 aromatic rings. The number of allylic oxidation sites excluding steroid dienone is 1. The van der Waals surface area contributed by atoms with E-state index in [1.807, 2.05) is 6.07 Å². The quantitative estimate of drug-likeness (QED) is 0.436. The van der Waals surface area contributed by atoms with E-state index in [0.717, 1.165) is 17.7 Å². The second kappa shape index (κ2) is 8.70. The van der Waals surface area contributed by atoms with E-state index < -0.39 is 17.6 Å². The molecule has 0 spiro atoms. The molecular weight excluding hydrogens is 401 g/mol. The van der Waals surface area contributed by atoms with Crippen LogP contribution < -0.4 is 11.2 Å². The van der Waals surface area contributed by atoms with Gasteiger partial charge in [0.05, 0.1) is 11.3 Å². The third-order valence-corrected chi connectivity index (χ3v) is 4.54. The van der Waals surface area contributed by atoms with Gasteiger partial charge in [0.25, 0.3) is 0 Å². The van der Waals surface area contributed by atoms with Crippen LogP contribution in [0.2, 0.25) is 0 Å². The van der Waals surface area contributed by atoms with E-state index in [0.29, 0.717) is 22.0 Å². The number of hydrogen-bond acceptors (Lipinski definition) is 5. The Morgan fingerprint density at radius 3 is 2.62 bits per heavy atom. The van der Waals surface area contributed by atoms with Gasteiger partial charge >= 0.3 is 6.18 Å². The number of hydrogen-bond donors (Lipinski definition) is 2. The maximum Gasteiger partial charge on any atom is 0.416 e. The molecule has 1 aromatic heterocycles. The average molecular weight is 416 g/mol. The molecule has 1 amide bonds. The van der Waals surface area contributed by atoms with E-state index >= 15 is 0 Å². The van der Waals surface area contributed by atoms with Gasteiger partial charge in [-0.3, -0.25) is 10.2 Å². The van der Waals surface area contributed by atoms with Crippen molar-refractivity contribution in [3.8, 4) is 11.3 Å². The number of nitrogens with zero attached hydrogens (tertiary/aromatic N) is 2. The van der Waals surface area contributed by atoms with Crippen LogP contribution >= 0.6 is 11.3 Å². The molecule has 9 heteroatoms. The molecule has 0 aliphatic rings. The summed E-state index contributed by atoms with van der Waals surface area (Å²) in [5.41, 5.74) is 9.65. The first-order chi connectivity index (χ1) is 13.8. The van der Waals surface area contributed by atoms with Crippen LogP contribution in [0.3, 0.4) is 0 Å². The topological polar surface area (TPSA) is 80.4 Å². The van der Waals surface area contributed by atoms with E-state index in [9.17, 15) is 18.0 Å². The van der Waals surface area contributed by atoms with Crippen LogP contribution in [-0.4, -0.2) is 17.1 Å². The zero-order valence-corrected chi connectivity index (χ0v) is 15.7. The Hall–Kier alpha value is -3.46. The van der Waals surface area contributed by atoms with Crippen LogP contribution in [-0.2, 0) is 6.18 Å². The van der Waals surface area contributed by atoms with Gasteiger partial charge in [-0.2, -0.15) is 18.3 Å². The molecule has 0 radical (unpaired) electrons. The molecule has 0 saturated carbocycles. The first-order valence-corrected chi connectivity index (χ1v) is 9.19. The van der Waals surface area contributed by atoms with Crippen LogP contribution in [0.5, 0.6) is 0 Å². The van der Waals surface area contributed by atoms with Crippen molar-refractivity contribution >= 4 is 34.7 Å². The standard InChI is InChI=1S/C20H15F3N4OS/c21-20(22,23)16-8-6-14(7-9-16)17-12-29-19(26-17)27-25-10-2-4-13-3-1-5-15(11-13)18(24)28/h1-12H,(H2,24,28)(H,26,27)/b4-2+,25-10?. The number of rotatable bonds is 6. The minimum Gasteiger partial charge on any atom is -0.366 e. The summed E-state index contributed by atoms with van der Waals surface area (Å²) >= 11 is 1.28. The predicted molar refractivity (Wildman–Crippen MR) is 109 cm³/mol. The first kappa shape index (κ1) is 20.3. The van der Waals surface area contributed by atoms with E-state index in [2.05, 4.69) is 15.5 Å². The van der Waals surface area contributed by atoms with Crippen LogP contribution in [0, 0.1) is 0 Å². The van der Waals surface area contributed by atoms with Gasteiger partial charge < -0.3 is 5.73 Å². The van der Waals surface area contributed by atoms with Crippen LogP contribution in [0.1, 0.15) is 21.5 Å². The summed E-state index contributed by atoms with van der Waals surface area (Å²) in [7, 11) is 0. The van der Waals surface area contributed by atoms with Crippen LogP contribution in [0.4, 0.5) is 18.3 Å². The molecule has 0 aliphatic heterocycles. The maximum atomic E-state index is 12.6. The summed E-state index contributed by atoms with van der Waals surface area (Å²) in [5.74, 6) is -0.497. The van der Waals surface area contributed by atoms with Crippen molar-refractivity contribution < 1.29 is 18.0 Å². The Labute approximate surface area is 168 Å². The number of primary amides is 1. The molecular formula is C20H15F3N4OS. The minimum absolute atomic E-state index is 0.417. The van der Waals surface area contributed by atoms with E-state index in [4.69, 9.17) is 5.73 Å². The molecule has 2 aromatic carbocycles. The lowest BCUT2D eigenvalue weighted by Crippen LogP contribution is -2.10. The maximum absolute atomic E-state index is 12.6. The third-order valence-electron chi connectivity index (χ3n) is 3.79. The highest BCUT2D eigenvalue weighted by atomic mass is 32.1. The molecule has 5 nitrogen and oxygen atoms in total. The number of nitrogens with one attached hydrogen (secondary N) is 1. The molecule has 0 aliphatic carbocycles. The monoisotopic (exact) mass is 416 g/mol. The summed E-state index contributed by atoms with van der Waals surface area (Å²) in [5, 5.41) is 6.24. The van der Waals surface area contributed by atoms with Crippen molar-refractivity contribution in [2.24, 2.45) is 10.8 Å². The Morgan fingerprint density at radius 1 is 1.17 bits per heavy atom. The summed E-state index contributed by atoms with van der Waals surface area (Å²) in [6.45, 7) is 0. The normalized spacial score (nSPS) is 12.0. The Balaban J connectivity index is 1.59. The summed E-state index contributed by atoms with van der Waals surface area (Å²) < 4.78 is 37.9. The number of amides is 1.